The summed E-state index contributed by atoms with van der Waals surface area (Å²) in [5, 5.41) is 15.2. The second-order valence-electron chi connectivity index (χ2n) is 8.17. The van der Waals surface area contributed by atoms with Crippen LogP contribution in [-0.2, 0) is 17.8 Å². The van der Waals surface area contributed by atoms with Gasteiger partial charge in [0.05, 0.1) is 31.7 Å². The van der Waals surface area contributed by atoms with Crippen LogP contribution >= 0.6 is 11.3 Å². The highest BCUT2D eigenvalue weighted by atomic mass is 32.1. The molecule has 1 aliphatic rings. The lowest BCUT2D eigenvalue weighted by molar-refractivity contribution is 0.0331. The van der Waals surface area contributed by atoms with Gasteiger partial charge in [-0.25, -0.2) is 9.97 Å². The van der Waals surface area contributed by atoms with Crippen molar-refractivity contribution in [2.45, 2.75) is 33.0 Å². The molecule has 9 heteroatoms. The van der Waals surface area contributed by atoms with Gasteiger partial charge < -0.3 is 14.6 Å². The molecule has 1 aliphatic heterocycles. The van der Waals surface area contributed by atoms with Crippen molar-refractivity contribution in [1.82, 2.24) is 29.6 Å². The van der Waals surface area contributed by atoms with Crippen molar-refractivity contribution in [3.8, 4) is 11.1 Å². The Morgan fingerprint density at radius 3 is 2.72 bits per heavy atom. The number of anilines is 1. The number of aromatic nitrogens is 5. The van der Waals surface area contributed by atoms with Crippen LogP contribution in [0.15, 0.2) is 42.0 Å². The predicted molar refractivity (Wildman–Crippen MR) is 127 cm³/mol. The molecular weight excluding hydrogens is 422 g/mol. The van der Waals surface area contributed by atoms with Gasteiger partial charge in [0.25, 0.3) is 0 Å². The van der Waals surface area contributed by atoms with Crippen LogP contribution in [0.4, 0.5) is 5.82 Å². The smallest absolute Gasteiger partial charge is 0.152 e. The number of thiophene rings is 1. The van der Waals surface area contributed by atoms with Gasteiger partial charge in [0.15, 0.2) is 5.82 Å². The van der Waals surface area contributed by atoms with Crippen molar-refractivity contribution in [3.63, 3.8) is 0 Å². The van der Waals surface area contributed by atoms with E-state index in [9.17, 15) is 0 Å². The largest absolute Gasteiger partial charge is 0.379 e. The summed E-state index contributed by atoms with van der Waals surface area (Å²) < 4.78 is 7.56. The van der Waals surface area contributed by atoms with Gasteiger partial charge in [-0.3, -0.25) is 4.90 Å². The molecule has 8 nitrogen and oxygen atoms in total. The molecule has 1 N–H and O–H groups in total. The Morgan fingerprint density at radius 2 is 1.94 bits per heavy atom. The second kappa shape index (κ2) is 9.32. The second-order valence-corrected chi connectivity index (χ2v) is 9.03. The molecule has 32 heavy (non-hydrogen) atoms. The standard InChI is InChI=1S/C23H27N7OS/c1-16(2)30-15-25-28-20(30)12-24-22-21-18(17-6-4-3-5-7-17)14-32-23(21)27-19(26-22)13-29-8-10-31-11-9-29/h3-7,14-16H,8-13H2,1-2H3,(H,24,26,27). The number of nitrogens with one attached hydrogen (secondary N) is 1. The summed E-state index contributed by atoms with van der Waals surface area (Å²) in [7, 11) is 0. The van der Waals surface area contributed by atoms with Crippen LogP contribution in [-0.4, -0.2) is 55.9 Å². The van der Waals surface area contributed by atoms with Crippen LogP contribution < -0.4 is 5.32 Å². The Morgan fingerprint density at radius 1 is 1.12 bits per heavy atom. The third-order valence-electron chi connectivity index (χ3n) is 5.65. The number of ether oxygens (including phenoxy) is 1. The van der Waals surface area contributed by atoms with E-state index in [-0.39, 0.29) is 0 Å². The minimum atomic E-state index is 0.296. The average molecular weight is 450 g/mol. The van der Waals surface area contributed by atoms with E-state index in [1.165, 1.54) is 0 Å². The Balaban J connectivity index is 1.52. The molecule has 3 aromatic heterocycles. The molecule has 0 radical (unpaired) electrons. The molecule has 4 aromatic rings. The van der Waals surface area contributed by atoms with E-state index in [4.69, 9.17) is 14.7 Å². The summed E-state index contributed by atoms with van der Waals surface area (Å²) in [5.41, 5.74) is 2.31. The lowest BCUT2D eigenvalue weighted by Crippen LogP contribution is -2.36. The van der Waals surface area contributed by atoms with Gasteiger partial charge in [0.2, 0.25) is 0 Å². The number of rotatable bonds is 7. The van der Waals surface area contributed by atoms with E-state index in [1.807, 2.05) is 6.07 Å². The summed E-state index contributed by atoms with van der Waals surface area (Å²) in [6, 6.07) is 10.7. The summed E-state index contributed by atoms with van der Waals surface area (Å²) >= 11 is 1.66. The van der Waals surface area contributed by atoms with Crippen molar-refractivity contribution < 1.29 is 4.74 Å². The number of nitrogens with zero attached hydrogens (tertiary/aromatic N) is 6. The molecule has 0 saturated carbocycles. The molecule has 0 amide bonds. The predicted octanol–water partition coefficient (Wildman–Crippen LogP) is 3.98. The molecule has 1 saturated heterocycles. The molecular formula is C23H27N7OS. The Labute approximate surface area is 191 Å². The highest BCUT2D eigenvalue weighted by molar-refractivity contribution is 7.17. The van der Waals surface area contributed by atoms with Crippen LogP contribution in [0.1, 0.15) is 31.5 Å². The zero-order valence-electron chi connectivity index (χ0n) is 18.4. The highest BCUT2D eigenvalue weighted by Crippen LogP contribution is 2.37. The van der Waals surface area contributed by atoms with Crippen molar-refractivity contribution in [1.29, 1.82) is 0 Å². The topological polar surface area (TPSA) is 81.0 Å². The maximum Gasteiger partial charge on any atom is 0.152 e. The van der Waals surface area contributed by atoms with E-state index >= 15 is 0 Å². The molecule has 0 aliphatic carbocycles. The number of morpholine rings is 1. The maximum absolute atomic E-state index is 5.49. The molecule has 4 heterocycles. The summed E-state index contributed by atoms with van der Waals surface area (Å²) in [5.74, 6) is 2.56. The van der Waals surface area contributed by atoms with E-state index < -0.39 is 0 Å². The van der Waals surface area contributed by atoms with E-state index in [2.05, 4.69) is 68.5 Å². The van der Waals surface area contributed by atoms with Gasteiger partial charge >= 0.3 is 0 Å². The molecule has 1 fully saturated rings. The molecule has 5 rings (SSSR count). The Hall–Kier alpha value is -2.88. The fourth-order valence-corrected chi connectivity index (χ4v) is 4.93. The minimum Gasteiger partial charge on any atom is -0.379 e. The number of hydrogen-bond donors (Lipinski definition) is 1. The molecule has 0 atom stereocenters. The molecule has 166 valence electrons. The maximum atomic E-state index is 5.49. The first-order valence-corrected chi connectivity index (χ1v) is 11.8. The normalized spacial score (nSPS) is 15.0. The Bertz CT molecular complexity index is 1180. The number of benzene rings is 1. The van der Waals surface area contributed by atoms with Crippen LogP contribution in [0.5, 0.6) is 0 Å². The number of hydrogen-bond acceptors (Lipinski definition) is 8. The third kappa shape index (κ3) is 4.36. The SMILES string of the molecule is CC(C)n1cnnc1CNc1nc(CN2CCOCC2)nc2scc(-c3ccccc3)c12. The zero-order valence-corrected chi connectivity index (χ0v) is 19.2. The quantitative estimate of drug-likeness (QED) is 0.457. The van der Waals surface area contributed by atoms with Gasteiger partial charge in [-0.15, -0.1) is 21.5 Å². The fraction of sp³-hybridized carbons (Fsp3) is 0.391. The average Bonchev–Trinajstić information content (AvgIpc) is 3.46. The fourth-order valence-electron chi connectivity index (χ4n) is 3.96. The molecule has 0 bridgehead atoms. The van der Waals surface area contributed by atoms with Crippen molar-refractivity contribution in [3.05, 3.63) is 53.7 Å². The first kappa shape index (κ1) is 21.0. The van der Waals surface area contributed by atoms with Crippen LogP contribution in [0.3, 0.4) is 0 Å². The number of fused-ring (bicyclic) bond motifs is 1. The molecule has 1 aromatic carbocycles. The summed E-state index contributed by atoms with van der Waals surface area (Å²) in [6.45, 7) is 8.85. The van der Waals surface area contributed by atoms with E-state index in [1.54, 1.807) is 17.7 Å². The van der Waals surface area contributed by atoms with E-state index in [0.29, 0.717) is 19.1 Å². The van der Waals surface area contributed by atoms with Crippen LogP contribution in [0, 0.1) is 0 Å². The van der Waals surface area contributed by atoms with Gasteiger partial charge in [-0.05, 0) is 19.4 Å². The van der Waals surface area contributed by atoms with Crippen molar-refractivity contribution in [2.24, 2.45) is 0 Å². The van der Waals surface area contributed by atoms with Crippen LogP contribution in [0.25, 0.3) is 21.3 Å². The third-order valence-corrected chi connectivity index (χ3v) is 6.52. The lowest BCUT2D eigenvalue weighted by atomic mass is 10.1. The van der Waals surface area contributed by atoms with Gasteiger partial charge in [-0.2, -0.15) is 0 Å². The van der Waals surface area contributed by atoms with Gasteiger partial charge in [0.1, 0.15) is 22.8 Å². The highest BCUT2D eigenvalue weighted by Gasteiger charge is 2.19. The first-order valence-electron chi connectivity index (χ1n) is 10.9. The molecule has 0 spiro atoms. The summed E-state index contributed by atoms with van der Waals surface area (Å²) in [4.78, 5) is 13.2. The van der Waals surface area contributed by atoms with Gasteiger partial charge in [-0.1, -0.05) is 30.3 Å². The Kier molecular flexibility index (Phi) is 6.11. The van der Waals surface area contributed by atoms with Crippen molar-refractivity contribution >= 4 is 27.4 Å². The first-order chi connectivity index (χ1) is 15.7. The van der Waals surface area contributed by atoms with E-state index in [0.717, 1.165) is 65.1 Å². The van der Waals surface area contributed by atoms with Crippen molar-refractivity contribution in [2.75, 3.05) is 31.6 Å². The zero-order chi connectivity index (χ0) is 21.9. The lowest BCUT2D eigenvalue weighted by Gasteiger charge is -2.25. The molecule has 0 unspecified atom stereocenters. The minimum absolute atomic E-state index is 0.296. The monoisotopic (exact) mass is 449 g/mol. The summed E-state index contributed by atoms with van der Waals surface area (Å²) in [6.07, 6.45) is 1.78. The van der Waals surface area contributed by atoms with Gasteiger partial charge in [0, 0.05) is 30.1 Å². The van der Waals surface area contributed by atoms with Crippen LogP contribution in [0.2, 0.25) is 0 Å².